The second-order valence-electron chi connectivity index (χ2n) is 6.96. The highest BCUT2D eigenvalue weighted by Crippen LogP contribution is 2.39. The number of carbonyl (C=O) groups is 1. The molecule has 0 bridgehead atoms. The average Bonchev–Trinajstić information content (AvgIpc) is 2.90. The Balaban J connectivity index is 1.97. The molecular formula is C22H28N2O2. The molecule has 2 aromatic carbocycles. The van der Waals surface area contributed by atoms with Gasteiger partial charge in [-0.25, -0.2) is 0 Å². The molecule has 3 rings (SSSR count). The van der Waals surface area contributed by atoms with E-state index in [4.69, 9.17) is 5.11 Å². The fourth-order valence-electron chi connectivity index (χ4n) is 4.29. The molecule has 2 aromatic rings. The van der Waals surface area contributed by atoms with Crippen molar-refractivity contribution in [1.29, 1.82) is 0 Å². The molecule has 1 N–H and O–H groups in total. The maximum Gasteiger partial charge on any atom is 0.317 e. The molecule has 4 nitrogen and oxygen atoms in total. The molecule has 1 saturated heterocycles. The number of hydrogen-bond donors (Lipinski definition) is 1. The van der Waals surface area contributed by atoms with E-state index in [2.05, 4.69) is 77.4 Å². The lowest BCUT2D eigenvalue weighted by molar-refractivity contribution is -0.138. The van der Waals surface area contributed by atoms with Crippen LogP contribution in [0.5, 0.6) is 0 Å². The minimum Gasteiger partial charge on any atom is -0.480 e. The number of carboxylic acids is 1. The van der Waals surface area contributed by atoms with Gasteiger partial charge >= 0.3 is 5.97 Å². The molecule has 0 unspecified atom stereocenters. The van der Waals surface area contributed by atoms with Crippen molar-refractivity contribution in [2.75, 3.05) is 32.7 Å². The van der Waals surface area contributed by atoms with Crippen molar-refractivity contribution in [3.05, 3.63) is 71.8 Å². The van der Waals surface area contributed by atoms with E-state index in [1.807, 2.05) is 0 Å². The minimum absolute atomic E-state index is 0.129. The molecule has 1 aliphatic rings. The number of rotatable bonds is 6. The van der Waals surface area contributed by atoms with Gasteiger partial charge in [-0.3, -0.25) is 14.6 Å². The predicted octanol–water partition coefficient (Wildman–Crippen LogP) is 3.43. The highest BCUT2D eigenvalue weighted by Gasteiger charge is 2.39. The topological polar surface area (TPSA) is 43.8 Å². The quantitative estimate of drug-likeness (QED) is 0.865. The summed E-state index contributed by atoms with van der Waals surface area (Å²) < 4.78 is 0. The van der Waals surface area contributed by atoms with Crippen LogP contribution in [0.4, 0.5) is 0 Å². The van der Waals surface area contributed by atoms with Crippen LogP contribution in [0.3, 0.4) is 0 Å². The van der Waals surface area contributed by atoms with Gasteiger partial charge in [0.1, 0.15) is 0 Å². The van der Waals surface area contributed by atoms with Gasteiger partial charge in [-0.05, 0) is 24.0 Å². The van der Waals surface area contributed by atoms with E-state index < -0.39 is 5.97 Å². The third-order valence-electron chi connectivity index (χ3n) is 5.50. The van der Waals surface area contributed by atoms with Crippen molar-refractivity contribution in [2.45, 2.75) is 25.3 Å². The summed E-state index contributed by atoms with van der Waals surface area (Å²) in [7, 11) is 0. The maximum absolute atomic E-state index is 11.1. The number of nitrogens with zero attached hydrogens (tertiary/aromatic N) is 2. The Morgan fingerprint density at radius 1 is 0.923 bits per heavy atom. The van der Waals surface area contributed by atoms with E-state index in [0.29, 0.717) is 0 Å². The first-order valence-corrected chi connectivity index (χ1v) is 9.47. The molecular weight excluding hydrogens is 324 g/mol. The Bertz CT molecular complexity index is 663. The smallest absolute Gasteiger partial charge is 0.317 e. The third kappa shape index (κ3) is 3.81. The standard InChI is InChI=1S/C22H28N2O2/c1-2-22(19-10-5-3-6-11-19,20-12-7-4-8-13-20)24-15-9-14-23(16-17-24)18-21(25)26/h3-8,10-13H,2,9,14-18H2,1H3,(H,25,26). The summed E-state index contributed by atoms with van der Waals surface area (Å²) in [6.45, 7) is 5.84. The summed E-state index contributed by atoms with van der Waals surface area (Å²) >= 11 is 0. The first kappa shape index (κ1) is 18.6. The third-order valence-corrected chi connectivity index (χ3v) is 5.50. The Labute approximate surface area is 156 Å². The van der Waals surface area contributed by atoms with Gasteiger partial charge in [-0.2, -0.15) is 0 Å². The van der Waals surface area contributed by atoms with Crippen molar-refractivity contribution in [1.82, 2.24) is 9.80 Å². The molecule has 0 aliphatic carbocycles. The van der Waals surface area contributed by atoms with E-state index >= 15 is 0 Å². The van der Waals surface area contributed by atoms with E-state index in [1.54, 1.807) is 0 Å². The van der Waals surface area contributed by atoms with Gasteiger partial charge in [0.15, 0.2) is 0 Å². The highest BCUT2D eigenvalue weighted by atomic mass is 16.4. The number of aliphatic carboxylic acids is 1. The largest absolute Gasteiger partial charge is 0.480 e. The number of carboxylic acid groups (broad SMARTS) is 1. The van der Waals surface area contributed by atoms with Crippen LogP contribution in [-0.4, -0.2) is 53.6 Å². The summed E-state index contributed by atoms with van der Waals surface area (Å²) in [4.78, 5) is 15.7. The molecule has 0 radical (unpaired) electrons. The molecule has 1 heterocycles. The first-order valence-electron chi connectivity index (χ1n) is 9.47. The van der Waals surface area contributed by atoms with Gasteiger partial charge in [-0.1, -0.05) is 67.6 Å². The van der Waals surface area contributed by atoms with E-state index in [0.717, 1.165) is 39.0 Å². The zero-order chi connectivity index (χ0) is 18.4. The first-order chi connectivity index (χ1) is 12.7. The fourth-order valence-corrected chi connectivity index (χ4v) is 4.29. The normalized spacial score (nSPS) is 17.0. The summed E-state index contributed by atoms with van der Waals surface area (Å²) in [5, 5.41) is 9.13. The number of benzene rings is 2. The monoisotopic (exact) mass is 352 g/mol. The van der Waals surface area contributed by atoms with Crippen LogP contribution in [0, 0.1) is 0 Å². The second-order valence-corrected chi connectivity index (χ2v) is 6.96. The van der Waals surface area contributed by atoms with Crippen LogP contribution in [0.15, 0.2) is 60.7 Å². The summed E-state index contributed by atoms with van der Waals surface area (Å²) in [5.74, 6) is -0.744. The van der Waals surface area contributed by atoms with Crippen LogP contribution in [0.1, 0.15) is 30.9 Å². The summed E-state index contributed by atoms with van der Waals surface area (Å²) in [5.41, 5.74) is 2.43. The Hall–Kier alpha value is -2.17. The van der Waals surface area contributed by atoms with Crippen molar-refractivity contribution >= 4 is 5.97 Å². The van der Waals surface area contributed by atoms with Crippen molar-refractivity contribution in [3.8, 4) is 0 Å². The van der Waals surface area contributed by atoms with Gasteiger partial charge in [0.05, 0.1) is 12.1 Å². The molecule has 0 amide bonds. The van der Waals surface area contributed by atoms with E-state index in [1.165, 1.54) is 11.1 Å². The Kier molecular flexibility index (Phi) is 6.07. The predicted molar refractivity (Wildman–Crippen MR) is 104 cm³/mol. The molecule has 1 fully saturated rings. The van der Waals surface area contributed by atoms with Crippen LogP contribution in [-0.2, 0) is 10.3 Å². The molecule has 0 saturated carbocycles. The lowest BCUT2D eigenvalue weighted by atomic mass is 9.78. The van der Waals surface area contributed by atoms with Crippen LogP contribution in [0.25, 0.3) is 0 Å². The molecule has 26 heavy (non-hydrogen) atoms. The van der Waals surface area contributed by atoms with Crippen molar-refractivity contribution in [3.63, 3.8) is 0 Å². The lowest BCUT2D eigenvalue weighted by Gasteiger charge is -2.44. The van der Waals surface area contributed by atoms with E-state index in [9.17, 15) is 4.79 Å². The minimum atomic E-state index is -0.744. The Morgan fingerprint density at radius 3 is 2.00 bits per heavy atom. The van der Waals surface area contributed by atoms with Gasteiger partial charge in [0.25, 0.3) is 0 Å². The SMILES string of the molecule is CCC(c1ccccc1)(c1ccccc1)N1CCCN(CC(=O)O)CC1. The zero-order valence-corrected chi connectivity index (χ0v) is 15.5. The van der Waals surface area contributed by atoms with Gasteiger partial charge in [0, 0.05) is 26.2 Å². The highest BCUT2D eigenvalue weighted by molar-refractivity contribution is 5.69. The Morgan fingerprint density at radius 2 is 1.50 bits per heavy atom. The number of hydrogen-bond acceptors (Lipinski definition) is 3. The fraction of sp³-hybridized carbons (Fsp3) is 0.409. The van der Waals surface area contributed by atoms with Gasteiger partial charge in [0.2, 0.25) is 0 Å². The summed E-state index contributed by atoms with van der Waals surface area (Å²) in [6.07, 6.45) is 1.95. The average molecular weight is 352 g/mol. The second kappa shape index (κ2) is 8.47. The molecule has 138 valence electrons. The van der Waals surface area contributed by atoms with Crippen molar-refractivity contribution in [2.24, 2.45) is 0 Å². The van der Waals surface area contributed by atoms with Gasteiger partial charge < -0.3 is 5.11 Å². The maximum atomic E-state index is 11.1. The van der Waals surface area contributed by atoms with Gasteiger partial charge in [-0.15, -0.1) is 0 Å². The zero-order valence-electron chi connectivity index (χ0n) is 15.5. The van der Waals surface area contributed by atoms with Crippen LogP contribution < -0.4 is 0 Å². The molecule has 4 heteroatoms. The molecule has 0 aromatic heterocycles. The summed E-state index contributed by atoms with van der Waals surface area (Å²) in [6, 6.07) is 21.4. The van der Waals surface area contributed by atoms with E-state index in [-0.39, 0.29) is 12.1 Å². The van der Waals surface area contributed by atoms with Crippen molar-refractivity contribution < 1.29 is 9.90 Å². The van der Waals surface area contributed by atoms with Crippen LogP contribution >= 0.6 is 0 Å². The molecule has 1 aliphatic heterocycles. The van der Waals surface area contributed by atoms with Crippen LogP contribution in [0.2, 0.25) is 0 Å². The lowest BCUT2D eigenvalue weighted by Crippen LogP contribution is -2.48. The molecule has 0 atom stereocenters. The molecule has 0 spiro atoms.